The zero-order chi connectivity index (χ0) is 26.5. The molecule has 0 heterocycles. The number of hydrogen-bond acceptors (Lipinski definition) is 7. The van der Waals surface area contributed by atoms with E-state index in [2.05, 4.69) is 5.32 Å². The number of hydrogen-bond donors (Lipinski definition) is 4. The Bertz CT molecular complexity index is 999. The summed E-state index contributed by atoms with van der Waals surface area (Å²) in [5.74, 6) is -0.556. The minimum atomic E-state index is -1.11. The third kappa shape index (κ3) is 9.23. The molecular weight excluding hydrogens is 482 g/mol. The molecule has 10 heteroatoms. The van der Waals surface area contributed by atoms with Crippen LogP contribution in [0.3, 0.4) is 0 Å². The number of carbonyl (C=O) groups is 3. The Balaban J connectivity index is 2.10. The number of nitrogens with one attached hydrogen (secondary N) is 1. The first-order valence-corrected chi connectivity index (χ1v) is 12.3. The molecule has 0 saturated carbocycles. The molecule has 0 aromatic heterocycles. The predicted octanol–water partition coefficient (Wildman–Crippen LogP) is 1.04. The summed E-state index contributed by atoms with van der Waals surface area (Å²) in [7, 11) is 1.51. The van der Waals surface area contributed by atoms with Crippen molar-refractivity contribution in [3.05, 3.63) is 64.7 Å². The number of rotatable bonds is 15. The van der Waals surface area contributed by atoms with Crippen molar-refractivity contribution in [1.29, 1.82) is 0 Å². The lowest BCUT2D eigenvalue weighted by Crippen LogP contribution is -2.51. The second-order valence-electron chi connectivity index (χ2n) is 8.47. The van der Waals surface area contributed by atoms with E-state index in [-0.39, 0.29) is 37.6 Å². The number of Topliss-reactive ketones (excluding diaryl/α,β-unsaturated/α-hetero) is 1. The van der Waals surface area contributed by atoms with E-state index in [1.165, 1.54) is 12.0 Å². The average molecular weight is 518 g/mol. The summed E-state index contributed by atoms with van der Waals surface area (Å²) in [4.78, 5) is 40.2. The maximum absolute atomic E-state index is 13.2. The van der Waals surface area contributed by atoms with E-state index in [1.54, 1.807) is 18.2 Å². The highest BCUT2D eigenvalue weighted by molar-refractivity contribution is 6.32. The molecule has 36 heavy (non-hydrogen) atoms. The van der Waals surface area contributed by atoms with E-state index in [0.29, 0.717) is 42.3 Å². The second kappa shape index (κ2) is 15.2. The molecule has 0 unspecified atom stereocenters. The molecule has 2 aromatic rings. The standard InChI is InChI=1S/C26H36ClN5O4/c1-36-24-10-8-19(15-20(24)27)16-23(33)22(9-7-18-5-3-2-4-6-18)31-26(35)21(30)17-25(34)32(13-11-28)14-12-29/h2-6,8,10,15,21-22H,7,9,11-14,16-17,28-30H2,1H3,(H,31,35)/t21-,22-/m0/s1. The number of carbonyl (C=O) groups excluding carboxylic acids is 3. The fourth-order valence-electron chi connectivity index (χ4n) is 3.78. The smallest absolute Gasteiger partial charge is 0.238 e. The van der Waals surface area contributed by atoms with Gasteiger partial charge in [-0.1, -0.05) is 48.0 Å². The number of nitrogens with zero attached hydrogens (tertiary/aromatic N) is 1. The summed E-state index contributed by atoms with van der Waals surface area (Å²) >= 11 is 6.20. The van der Waals surface area contributed by atoms with Crippen LogP contribution >= 0.6 is 11.6 Å². The minimum absolute atomic E-state index is 0.0679. The van der Waals surface area contributed by atoms with E-state index < -0.39 is 18.0 Å². The topological polar surface area (TPSA) is 154 Å². The Hall–Kier alpha value is -2.98. The lowest BCUT2D eigenvalue weighted by molar-refractivity contribution is -0.134. The predicted molar refractivity (Wildman–Crippen MR) is 141 cm³/mol. The Labute approximate surface area is 217 Å². The second-order valence-corrected chi connectivity index (χ2v) is 8.87. The maximum atomic E-state index is 13.2. The molecule has 0 saturated heterocycles. The monoisotopic (exact) mass is 517 g/mol. The first kappa shape index (κ1) is 29.3. The fraction of sp³-hybridized carbons (Fsp3) is 0.423. The number of aryl methyl sites for hydroxylation is 1. The average Bonchev–Trinajstić information content (AvgIpc) is 2.86. The summed E-state index contributed by atoms with van der Waals surface area (Å²) in [6.07, 6.45) is 0.819. The van der Waals surface area contributed by atoms with Gasteiger partial charge in [-0.2, -0.15) is 0 Å². The molecule has 2 rings (SSSR count). The van der Waals surface area contributed by atoms with Crippen molar-refractivity contribution in [3.63, 3.8) is 0 Å². The van der Waals surface area contributed by atoms with Crippen LogP contribution < -0.4 is 27.3 Å². The molecule has 196 valence electrons. The first-order valence-electron chi connectivity index (χ1n) is 11.9. The third-order valence-corrected chi connectivity index (χ3v) is 6.04. The Morgan fingerprint density at radius 3 is 2.28 bits per heavy atom. The summed E-state index contributed by atoms with van der Waals surface area (Å²) in [5, 5.41) is 3.16. The van der Waals surface area contributed by atoms with Crippen molar-refractivity contribution >= 4 is 29.2 Å². The lowest BCUT2D eigenvalue weighted by Gasteiger charge is -2.24. The zero-order valence-corrected chi connectivity index (χ0v) is 21.4. The summed E-state index contributed by atoms with van der Waals surface area (Å²) in [6.45, 7) is 1.21. The fourth-order valence-corrected chi connectivity index (χ4v) is 4.06. The number of methoxy groups -OCH3 is 1. The van der Waals surface area contributed by atoms with Crippen molar-refractivity contribution in [1.82, 2.24) is 10.2 Å². The van der Waals surface area contributed by atoms with Crippen LogP contribution in [0.15, 0.2) is 48.5 Å². The quantitative estimate of drug-likeness (QED) is 0.275. The third-order valence-electron chi connectivity index (χ3n) is 5.75. The SMILES string of the molecule is COc1ccc(CC(=O)[C@H](CCc2ccccc2)NC(=O)[C@@H](N)CC(=O)N(CCN)CCN)cc1Cl. The van der Waals surface area contributed by atoms with Gasteiger partial charge in [0.25, 0.3) is 0 Å². The van der Waals surface area contributed by atoms with Gasteiger partial charge in [0.15, 0.2) is 5.78 Å². The molecule has 0 aliphatic rings. The van der Waals surface area contributed by atoms with Crippen molar-refractivity contribution in [2.45, 2.75) is 37.8 Å². The van der Waals surface area contributed by atoms with Gasteiger partial charge in [0, 0.05) is 32.6 Å². The van der Waals surface area contributed by atoms with E-state index in [9.17, 15) is 14.4 Å². The van der Waals surface area contributed by atoms with E-state index in [0.717, 1.165) is 5.56 Å². The lowest BCUT2D eigenvalue weighted by atomic mass is 9.97. The summed E-state index contributed by atoms with van der Waals surface area (Å²) < 4.78 is 5.17. The number of amides is 2. The molecule has 2 amide bonds. The van der Waals surface area contributed by atoms with Crippen LogP contribution in [0, 0.1) is 0 Å². The van der Waals surface area contributed by atoms with Crippen LogP contribution in [0.2, 0.25) is 5.02 Å². The van der Waals surface area contributed by atoms with Crippen molar-refractivity contribution in [2.75, 3.05) is 33.3 Å². The van der Waals surface area contributed by atoms with Crippen LogP contribution in [0.1, 0.15) is 24.0 Å². The number of benzene rings is 2. The highest BCUT2D eigenvalue weighted by Gasteiger charge is 2.26. The molecule has 7 N–H and O–H groups in total. The van der Waals surface area contributed by atoms with Gasteiger partial charge in [-0.25, -0.2) is 0 Å². The molecular formula is C26H36ClN5O4. The highest BCUT2D eigenvalue weighted by atomic mass is 35.5. The van der Waals surface area contributed by atoms with Crippen LogP contribution in [0.5, 0.6) is 5.75 Å². The molecule has 0 radical (unpaired) electrons. The van der Waals surface area contributed by atoms with Crippen LogP contribution in [-0.4, -0.2) is 67.9 Å². The molecule has 9 nitrogen and oxygen atoms in total. The first-order chi connectivity index (χ1) is 17.3. The van der Waals surface area contributed by atoms with E-state index in [4.69, 9.17) is 33.5 Å². The van der Waals surface area contributed by atoms with Crippen molar-refractivity contribution in [3.8, 4) is 5.75 Å². The zero-order valence-electron chi connectivity index (χ0n) is 20.6. The molecule has 0 spiro atoms. The number of halogens is 1. The van der Waals surface area contributed by atoms with Gasteiger partial charge in [0.2, 0.25) is 11.8 Å². The summed E-state index contributed by atoms with van der Waals surface area (Å²) in [6, 6.07) is 12.9. The number of nitrogens with two attached hydrogens (primary N) is 3. The Morgan fingerprint density at radius 2 is 1.69 bits per heavy atom. The van der Waals surface area contributed by atoms with Crippen molar-refractivity contribution in [2.24, 2.45) is 17.2 Å². The van der Waals surface area contributed by atoms with Crippen LogP contribution in [-0.2, 0) is 27.2 Å². The van der Waals surface area contributed by atoms with Gasteiger partial charge < -0.3 is 32.2 Å². The molecule has 2 aromatic carbocycles. The van der Waals surface area contributed by atoms with Gasteiger partial charge in [0.1, 0.15) is 5.75 Å². The highest BCUT2D eigenvalue weighted by Crippen LogP contribution is 2.25. The summed E-state index contributed by atoms with van der Waals surface area (Å²) in [5.41, 5.74) is 18.9. The van der Waals surface area contributed by atoms with Gasteiger partial charge in [-0.05, 0) is 36.1 Å². The van der Waals surface area contributed by atoms with E-state index in [1.807, 2.05) is 30.3 Å². The maximum Gasteiger partial charge on any atom is 0.238 e. The molecule has 0 aliphatic heterocycles. The number of ketones is 1. The normalized spacial score (nSPS) is 12.5. The largest absolute Gasteiger partial charge is 0.495 e. The minimum Gasteiger partial charge on any atom is -0.495 e. The molecule has 0 fully saturated rings. The molecule has 0 bridgehead atoms. The number of ether oxygens (including phenoxy) is 1. The van der Waals surface area contributed by atoms with Gasteiger partial charge in [0.05, 0.1) is 30.6 Å². The van der Waals surface area contributed by atoms with Crippen LogP contribution in [0.4, 0.5) is 0 Å². The Kier molecular flexibility index (Phi) is 12.4. The Morgan fingerprint density at radius 1 is 1.03 bits per heavy atom. The van der Waals surface area contributed by atoms with Crippen molar-refractivity contribution < 1.29 is 19.1 Å². The van der Waals surface area contributed by atoms with Gasteiger partial charge in [-0.3, -0.25) is 14.4 Å². The van der Waals surface area contributed by atoms with E-state index >= 15 is 0 Å². The molecule has 2 atom stereocenters. The van der Waals surface area contributed by atoms with Gasteiger partial charge in [-0.15, -0.1) is 0 Å². The van der Waals surface area contributed by atoms with Crippen LogP contribution in [0.25, 0.3) is 0 Å². The van der Waals surface area contributed by atoms with Gasteiger partial charge >= 0.3 is 0 Å². The molecule has 0 aliphatic carbocycles.